The number of halogens is 2. The third-order valence-electron chi connectivity index (χ3n) is 5.19. The number of carbonyl (C=O) groups is 2. The molecule has 2 N–H and O–H groups in total. The Bertz CT molecular complexity index is 1250. The summed E-state index contributed by atoms with van der Waals surface area (Å²) < 4.78 is 38.4. The second kappa shape index (κ2) is 10.9. The molecule has 0 aliphatic carbocycles. The first kappa shape index (κ1) is 24.7. The van der Waals surface area contributed by atoms with E-state index in [0.29, 0.717) is 12.2 Å². The molecule has 1 saturated heterocycles. The van der Waals surface area contributed by atoms with E-state index in [1.165, 1.54) is 24.8 Å². The Morgan fingerprint density at radius 1 is 1.14 bits per heavy atom. The van der Waals surface area contributed by atoms with Crippen LogP contribution in [0.15, 0.2) is 43.1 Å². The van der Waals surface area contributed by atoms with Crippen LogP contribution in [0.4, 0.5) is 13.6 Å². The first-order valence-corrected chi connectivity index (χ1v) is 11.0. The number of ether oxygens (including phenoxy) is 2. The van der Waals surface area contributed by atoms with E-state index in [2.05, 4.69) is 25.3 Å². The first-order valence-electron chi connectivity index (χ1n) is 11.0. The molecule has 2 amide bonds. The van der Waals surface area contributed by atoms with Gasteiger partial charge >= 0.3 is 6.09 Å². The fraction of sp³-hybridized carbons (Fsp3) is 0.304. The smallest absolute Gasteiger partial charge is 0.407 e. The van der Waals surface area contributed by atoms with Crippen LogP contribution >= 0.6 is 0 Å². The monoisotopic (exact) mass is 500 g/mol. The largest absolute Gasteiger partial charge is 0.488 e. The van der Waals surface area contributed by atoms with Crippen molar-refractivity contribution in [1.29, 1.82) is 0 Å². The van der Waals surface area contributed by atoms with E-state index >= 15 is 0 Å². The minimum absolute atomic E-state index is 0.00712. The summed E-state index contributed by atoms with van der Waals surface area (Å²) in [5.41, 5.74) is 0.600. The molecule has 4 heterocycles. The maximum absolute atomic E-state index is 13.9. The van der Waals surface area contributed by atoms with E-state index in [-0.39, 0.29) is 48.3 Å². The molecule has 3 aromatic rings. The number of nitrogens with zero attached hydrogens (tertiary/aromatic N) is 5. The highest BCUT2D eigenvalue weighted by Gasteiger charge is 2.31. The first-order chi connectivity index (χ1) is 17.3. The molecule has 2 atom stereocenters. The van der Waals surface area contributed by atoms with Crippen LogP contribution in [0.25, 0.3) is 11.4 Å². The van der Waals surface area contributed by atoms with Gasteiger partial charge in [0.1, 0.15) is 17.7 Å². The molecular weight excluding hydrogens is 478 g/mol. The van der Waals surface area contributed by atoms with E-state index in [9.17, 15) is 18.4 Å². The Hall–Kier alpha value is -4.42. The van der Waals surface area contributed by atoms with Gasteiger partial charge in [-0.2, -0.15) is 0 Å². The minimum atomic E-state index is -1.37. The molecule has 3 aromatic heterocycles. The molecule has 1 aliphatic rings. The van der Waals surface area contributed by atoms with Gasteiger partial charge in [0.25, 0.3) is 11.8 Å². The van der Waals surface area contributed by atoms with E-state index in [0.717, 1.165) is 17.2 Å². The Labute approximate surface area is 204 Å². The standard InChI is InChI=1S/C23H22F2N6O5/c1-2-35-19-5-15(24)9-29-22(19)36-18-3-13(6-26-10-18)20-27-7-14(8-28-20)21(32)30-17-4-16(25)11-31(12-17)23(33)34/h3,5-10,16-17H,2,4,11-12H2,1H3,(H,30,32)(H,33,34)/t16?,17-/m0/s1. The number of nitrogens with one attached hydrogen (secondary N) is 1. The molecule has 1 fully saturated rings. The van der Waals surface area contributed by atoms with Gasteiger partial charge in [-0.15, -0.1) is 0 Å². The molecule has 1 unspecified atom stereocenters. The summed E-state index contributed by atoms with van der Waals surface area (Å²) in [7, 11) is 0. The highest BCUT2D eigenvalue weighted by molar-refractivity contribution is 5.94. The fourth-order valence-electron chi connectivity index (χ4n) is 3.61. The van der Waals surface area contributed by atoms with Crippen molar-refractivity contribution in [2.75, 3.05) is 19.7 Å². The summed E-state index contributed by atoms with van der Waals surface area (Å²) in [6, 6.07) is 2.08. The lowest BCUT2D eigenvalue weighted by Gasteiger charge is -2.33. The average Bonchev–Trinajstić information content (AvgIpc) is 2.86. The van der Waals surface area contributed by atoms with Crippen LogP contribution in [-0.4, -0.2) is 73.9 Å². The van der Waals surface area contributed by atoms with E-state index in [1.54, 1.807) is 13.0 Å². The Kier molecular flexibility index (Phi) is 7.47. The summed E-state index contributed by atoms with van der Waals surface area (Å²) in [6.45, 7) is 1.81. The van der Waals surface area contributed by atoms with E-state index in [4.69, 9.17) is 14.6 Å². The lowest BCUT2D eigenvalue weighted by atomic mass is 10.0. The summed E-state index contributed by atoms with van der Waals surface area (Å²) in [4.78, 5) is 41.0. The summed E-state index contributed by atoms with van der Waals surface area (Å²) >= 11 is 0. The van der Waals surface area contributed by atoms with Crippen LogP contribution in [0, 0.1) is 5.82 Å². The van der Waals surface area contributed by atoms with Gasteiger partial charge in [0.05, 0.1) is 31.1 Å². The number of amides is 2. The van der Waals surface area contributed by atoms with Crippen LogP contribution in [-0.2, 0) is 0 Å². The number of piperidine rings is 1. The quantitative estimate of drug-likeness (QED) is 0.501. The molecule has 1 aliphatic heterocycles. The maximum Gasteiger partial charge on any atom is 0.407 e. The van der Waals surface area contributed by atoms with Crippen LogP contribution < -0.4 is 14.8 Å². The Balaban J connectivity index is 1.44. The molecule has 0 saturated carbocycles. The summed E-state index contributed by atoms with van der Waals surface area (Å²) in [5.74, 6) is -0.392. The molecule has 4 rings (SSSR count). The normalized spacial score (nSPS) is 17.4. The highest BCUT2D eigenvalue weighted by Crippen LogP contribution is 2.31. The predicted molar refractivity (Wildman–Crippen MR) is 121 cm³/mol. The van der Waals surface area contributed by atoms with Gasteiger partial charge < -0.3 is 24.8 Å². The van der Waals surface area contributed by atoms with E-state index < -0.39 is 30.0 Å². The number of rotatable bonds is 7. The molecule has 11 nitrogen and oxygen atoms in total. The van der Waals surface area contributed by atoms with Gasteiger partial charge in [-0.25, -0.2) is 28.5 Å². The van der Waals surface area contributed by atoms with Crippen LogP contribution in [0.3, 0.4) is 0 Å². The number of aromatic nitrogens is 4. The maximum atomic E-state index is 13.9. The van der Waals surface area contributed by atoms with Crippen molar-refractivity contribution in [3.63, 3.8) is 0 Å². The zero-order chi connectivity index (χ0) is 25.7. The van der Waals surface area contributed by atoms with Gasteiger partial charge in [-0.1, -0.05) is 0 Å². The predicted octanol–water partition coefficient (Wildman–Crippen LogP) is 3.08. The van der Waals surface area contributed by atoms with Crippen molar-refractivity contribution < 1.29 is 33.0 Å². The molecular formula is C23H22F2N6O5. The molecule has 0 spiro atoms. The molecule has 0 radical (unpaired) electrons. The zero-order valence-electron chi connectivity index (χ0n) is 19.1. The average molecular weight is 500 g/mol. The molecule has 36 heavy (non-hydrogen) atoms. The number of alkyl halides is 1. The molecule has 13 heteroatoms. The van der Waals surface area contributed by atoms with Crippen molar-refractivity contribution in [3.05, 3.63) is 54.5 Å². The topological polar surface area (TPSA) is 140 Å². The second-order valence-corrected chi connectivity index (χ2v) is 7.89. The van der Waals surface area contributed by atoms with Gasteiger partial charge in [0, 0.05) is 49.2 Å². The Morgan fingerprint density at radius 2 is 1.92 bits per heavy atom. The lowest BCUT2D eigenvalue weighted by Crippen LogP contribution is -2.53. The number of pyridine rings is 2. The number of carbonyl (C=O) groups excluding carboxylic acids is 1. The Morgan fingerprint density at radius 3 is 2.64 bits per heavy atom. The van der Waals surface area contributed by atoms with Gasteiger partial charge in [-0.3, -0.25) is 9.78 Å². The summed E-state index contributed by atoms with van der Waals surface area (Å²) in [6.07, 6.45) is 3.92. The lowest BCUT2D eigenvalue weighted by molar-refractivity contribution is 0.0780. The zero-order valence-corrected chi connectivity index (χ0v) is 19.1. The van der Waals surface area contributed by atoms with Crippen molar-refractivity contribution >= 4 is 12.0 Å². The number of likely N-dealkylation sites (tertiary alicyclic amines) is 1. The van der Waals surface area contributed by atoms with Crippen molar-refractivity contribution in [3.8, 4) is 28.8 Å². The number of carboxylic acid groups (broad SMARTS) is 1. The molecule has 0 bridgehead atoms. The summed E-state index contributed by atoms with van der Waals surface area (Å²) in [5, 5.41) is 11.7. The van der Waals surface area contributed by atoms with Crippen LogP contribution in [0.5, 0.6) is 17.4 Å². The van der Waals surface area contributed by atoms with Gasteiger partial charge in [0.15, 0.2) is 11.6 Å². The fourth-order valence-corrected chi connectivity index (χ4v) is 3.61. The third kappa shape index (κ3) is 5.98. The highest BCUT2D eigenvalue weighted by atomic mass is 19.1. The SMILES string of the molecule is CCOc1cc(F)cnc1Oc1cncc(-c2ncc(C(=O)N[C@H]3CC(F)CN(C(=O)O)C3)cn2)c1. The van der Waals surface area contributed by atoms with Crippen LogP contribution in [0.1, 0.15) is 23.7 Å². The second-order valence-electron chi connectivity index (χ2n) is 7.89. The van der Waals surface area contributed by atoms with Gasteiger partial charge in [0.2, 0.25) is 0 Å². The molecule has 0 aromatic carbocycles. The number of hydrogen-bond donors (Lipinski definition) is 2. The van der Waals surface area contributed by atoms with Gasteiger partial charge in [-0.05, 0) is 13.0 Å². The van der Waals surface area contributed by atoms with Crippen molar-refractivity contribution in [2.24, 2.45) is 0 Å². The molecule has 188 valence electrons. The van der Waals surface area contributed by atoms with Crippen LogP contribution in [0.2, 0.25) is 0 Å². The van der Waals surface area contributed by atoms with E-state index in [1.807, 2.05) is 0 Å². The number of hydrogen-bond acceptors (Lipinski definition) is 8. The minimum Gasteiger partial charge on any atom is -0.488 e. The third-order valence-corrected chi connectivity index (χ3v) is 5.19. The van der Waals surface area contributed by atoms with Crippen molar-refractivity contribution in [2.45, 2.75) is 25.6 Å². The van der Waals surface area contributed by atoms with Crippen molar-refractivity contribution in [1.82, 2.24) is 30.2 Å².